The molecule has 3 heterocycles. The van der Waals surface area contributed by atoms with Gasteiger partial charge in [-0.05, 0) is 25.0 Å². The van der Waals surface area contributed by atoms with Crippen LogP contribution >= 0.6 is 0 Å². The zero-order valence-corrected chi connectivity index (χ0v) is 17.2. The van der Waals surface area contributed by atoms with Crippen LogP contribution in [0.3, 0.4) is 0 Å². The van der Waals surface area contributed by atoms with E-state index in [0.717, 1.165) is 12.8 Å². The van der Waals surface area contributed by atoms with Crippen LogP contribution in [0.2, 0.25) is 0 Å². The molecule has 0 spiro atoms. The monoisotopic (exact) mass is 401 g/mol. The van der Waals surface area contributed by atoms with Crippen LogP contribution in [0.4, 0.5) is 10.6 Å². The molecule has 0 aromatic carbocycles. The zero-order chi connectivity index (χ0) is 21.4. The largest absolute Gasteiger partial charge is 0.506 e. The summed E-state index contributed by atoms with van der Waals surface area (Å²) in [7, 11) is 0. The molecule has 1 aliphatic heterocycles. The average molecular weight is 401 g/mol. The molecule has 1 unspecified atom stereocenters. The van der Waals surface area contributed by atoms with E-state index in [9.17, 15) is 14.7 Å². The Morgan fingerprint density at radius 2 is 1.79 bits per heavy atom. The van der Waals surface area contributed by atoms with Crippen molar-refractivity contribution in [2.75, 3.05) is 18.0 Å². The van der Waals surface area contributed by atoms with Gasteiger partial charge in [0.1, 0.15) is 17.3 Å². The number of nitrogens with zero attached hydrogens (tertiary/aromatic N) is 5. The van der Waals surface area contributed by atoms with Crippen LogP contribution < -0.4 is 4.90 Å². The van der Waals surface area contributed by atoms with Gasteiger partial charge in [0, 0.05) is 25.5 Å². The number of carbonyl (C=O) groups is 2. The van der Waals surface area contributed by atoms with Crippen LogP contribution in [-0.2, 0) is 4.74 Å². The molecular formula is C20H27N5O4. The summed E-state index contributed by atoms with van der Waals surface area (Å²) >= 11 is 0. The first kappa shape index (κ1) is 22.1. The highest BCUT2D eigenvalue weighted by molar-refractivity contribution is 6.08. The van der Waals surface area contributed by atoms with Crippen molar-refractivity contribution in [2.45, 2.75) is 46.8 Å². The Morgan fingerprint density at radius 3 is 2.38 bits per heavy atom. The Kier molecular flexibility index (Phi) is 7.88. The predicted octanol–water partition coefficient (Wildman–Crippen LogP) is 3.52. The van der Waals surface area contributed by atoms with E-state index in [0.29, 0.717) is 13.1 Å². The first-order valence-electron chi connectivity index (χ1n) is 9.81. The fraction of sp³-hybridized carbons (Fsp3) is 0.450. The Hall–Kier alpha value is -3.23. The lowest BCUT2D eigenvalue weighted by molar-refractivity contribution is 0.0590. The first-order chi connectivity index (χ1) is 14.1. The van der Waals surface area contributed by atoms with Crippen molar-refractivity contribution in [3.05, 3.63) is 42.1 Å². The van der Waals surface area contributed by atoms with Crippen molar-refractivity contribution in [1.29, 1.82) is 0 Å². The highest BCUT2D eigenvalue weighted by Gasteiger charge is 2.44. The highest BCUT2D eigenvalue weighted by Crippen LogP contribution is 2.35. The van der Waals surface area contributed by atoms with Crippen LogP contribution in [0.15, 0.2) is 30.7 Å². The standard InChI is InChI=1S/C18H21N5O4.C2H6/c1-3-9-22(10-4-2)18(26)27-17-15-14(19-7-8-20-15)16(25)23(17)13-6-5-12(24)11-21-13;1-2/h5-8,11,17,24H,3-4,9-10H2,1-2H3;1-2H3. The van der Waals surface area contributed by atoms with Crippen molar-refractivity contribution >= 4 is 17.8 Å². The molecule has 0 radical (unpaired) electrons. The number of fused-ring (bicyclic) bond motifs is 1. The van der Waals surface area contributed by atoms with E-state index in [1.165, 1.54) is 35.6 Å². The number of pyridine rings is 1. The molecule has 2 aromatic heterocycles. The molecule has 1 atom stereocenters. The molecular weight excluding hydrogens is 374 g/mol. The number of rotatable bonds is 6. The first-order valence-corrected chi connectivity index (χ1v) is 9.81. The number of amides is 2. The Morgan fingerprint density at radius 1 is 1.14 bits per heavy atom. The lowest BCUT2D eigenvalue weighted by Crippen LogP contribution is -2.38. The van der Waals surface area contributed by atoms with E-state index in [-0.39, 0.29) is 23.0 Å². The molecule has 9 heteroatoms. The van der Waals surface area contributed by atoms with E-state index < -0.39 is 18.2 Å². The summed E-state index contributed by atoms with van der Waals surface area (Å²) in [5.41, 5.74) is 0.376. The molecule has 29 heavy (non-hydrogen) atoms. The second kappa shape index (κ2) is 10.4. The molecule has 0 saturated carbocycles. The molecule has 1 N–H and O–H groups in total. The lowest BCUT2D eigenvalue weighted by Gasteiger charge is -2.27. The average Bonchev–Trinajstić information content (AvgIpc) is 3.02. The fourth-order valence-electron chi connectivity index (χ4n) is 2.89. The maximum atomic E-state index is 12.8. The molecule has 0 bridgehead atoms. The molecule has 1 aliphatic rings. The number of anilines is 1. The summed E-state index contributed by atoms with van der Waals surface area (Å²) < 4.78 is 5.66. The molecule has 2 amide bonds. The van der Waals surface area contributed by atoms with Crippen LogP contribution in [-0.4, -0.2) is 50.0 Å². The van der Waals surface area contributed by atoms with Gasteiger partial charge in [0.25, 0.3) is 5.91 Å². The second-order valence-corrected chi connectivity index (χ2v) is 6.06. The summed E-state index contributed by atoms with van der Waals surface area (Å²) in [6, 6.07) is 2.87. The van der Waals surface area contributed by atoms with Crippen molar-refractivity contribution in [3.8, 4) is 5.75 Å². The van der Waals surface area contributed by atoms with E-state index in [1.807, 2.05) is 27.7 Å². The number of carbonyl (C=O) groups excluding carboxylic acids is 2. The van der Waals surface area contributed by atoms with Gasteiger partial charge in [-0.1, -0.05) is 27.7 Å². The number of ether oxygens (including phenoxy) is 1. The summed E-state index contributed by atoms with van der Waals surface area (Å²) in [5.74, 6) is -0.274. The second-order valence-electron chi connectivity index (χ2n) is 6.06. The fourth-order valence-corrected chi connectivity index (χ4v) is 2.89. The van der Waals surface area contributed by atoms with Crippen molar-refractivity contribution in [1.82, 2.24) is 19.9 Å². The maximum absolute atomic E-state index is 12.8. The van der Waals surface area contributed by atoms with Crippen molar-refractivity contribution in [2.24, 2.45) is 0 Å². The third kappa shape index (κ3) is 4.79. The van der Waals surface area contributed by atoms with Gasteiger partial charge in [-0.15, -0.1) is 0 Å². The molecule has 156 valence electrons. The predicted molar refractivity (Wildman–Crippen MR) is 107 cm³/mol. The molecule has 3 rings (SSSR count). The van der Waals surface area contributed by atoms with E-state index in [2.05, 4.69) is 15.0 Å². The van der Waals surface area contributed by atoms with Crippen LogP contribution in [0.25, 0.3) is 0 Å². The number of aromatic hydroxyl groups is 1. The minimum atomic E-state index is -1.07. The number of hydrogen-bond donors (Lipinski definition) is 1. The Balaban J connectivity index is 0.00000145. The lowest BCUT2D eigenvalue weighted by atomic mass is 10.3. The summed E-state index contributed by atoms with van der Waals surface area (Å²) in [6.07, 6.45) is 4.05. The molecule has 0 saturated heterocycles. The molecule has 9 nitrogen and oxygen atoms in total. The maximum Gasteiger partial charge on any atom is 0.412 e. The summed E-state index contributed by atoms with van der Waals surface area (Å²) in [6.45, 7) is 9.06. The zero-order valence-electron chi connectivity index (χ0n) is 17.2. The van der Waals surface area contributed by atoms with Crippen LogP contribution in [0.1, 0.15) is 62.9 Å². The van der Waals surface area contributed by atoms with Gasteiger partial charge in [-0.2, -0.15) is 0 Å². The van der Waals surface area contributed by atoms with Crippen LogP contribution in [0.5, 0.6) is 5.75 Å². The smallest absolute Gasteiger partial charge is 0.412 e. The van der Waals surface area contributed by atoms with Gasteiger partial charge in [0.15, 0.2) is 5.69 Å². The van der Waals surface area contributed by atoms with Crippen molar-refractivity contribution in [3.63, 3.8) is 0 Å². The van der Waals surface area contributed by atoms with E-state index >= 15 is 0 Å². The third-order valence-electron chi connectivity index (χ3n) is 4.05. The summed E-state index contributed by atoms with van der Waals surface area (Å²) in [4.78, 5) is 40.6. The van der Waals surface area contributed by atoms with Crippen LogP contribution in [0, 0.1) is 0 Å². The molecule has 2 aromatic rings. The van der Waals surface area contributed by atoms with Crippen molar-refractivity contribution < 1.29 is 19.4 Å². The SMILES string of the molecule is CC.CCCN(CCC)C(=O)OC1c2nccnc2C(=O)N1c1ccc(O)cn1. The normalized spacial score (nSPS) is 14.7. The van der Waals surface area contributed by atoms with Gasteiger partial charge in [-0.3, -0.25) is 9.78 Å². The summed E-state index contributed by atoms with van der Waals surface area (Å²) in [5, 5.41) is 9.46. The molecule has 0 aliphatic carbocycles. The number of hydrogen-bond acceptors (Lipinski definition) is 7. The quantitative estimate of drug-likeness (QED) is 0.789. The minimum absolute atomic E-state index is 0.0372. The Bertz CT molecular complexity index is 822. The topological polar surface area (TPSA) is 109 Å². The van der Waals surface area contributed by atoms with Gasteiger partial charge >= 0.3 is 6.09 Å². The minimum Gasteiger partial charge on any atom is -0.506 e. The van der Waals surface area contributed by atoms with Gasteiger partial charge in [0.05, 0.1) is 6.20 Å². The molecule has 0 fully saturated rings. The highest BCUT2D eigenvalue weighted by atomic mass is 16.6. The Labute approximate surface area is 170 Å². The van der Waals surface area contributed by atoms with Gasteiger partial charge < -0.3 is 14.7 Å². The third-order valence-corrected chi connectivity index (χ3v) is 4.05. The van der Waals surface area contributed by atoms with Gasteiger partial charge in [-0.25, -0.2) is 19.7 Å². The number of aromatic nitrogens is 3. The van der Waals surface area contributed by atoms with Gasteiger partial charge in [0.2, 0.25) is 6.23 Å². The van der Waals surface area contributed by atoms with E-state index in [4.69, 9.17) is 4.74 Å². The van der Waals surface area contributed by atoms with E-state index in [1.54, 1.807) is 4.90 Å².